The number of nitrogens with two attached hydrogens (primary N) is 1. The highest BCUT2D eigenvalue weighted by Gasteiger charge is 2.22. The summed E-state index contributed by atoms with van der Waals surface area (Å²) in [5.41, 5.74) is 8.25. The van der Waals surface area contributed by atoms with Crippen LogP contribution in [0.25, 0.3) is 5.65 Å². The van der Waals surface area contributed by atoms with Gasteiger partial charge in [0.1, 0.15) is 17.5 Å². The van der Waals surface area contributed by atoms with Crippen LogP contribution >= 0.6 is 15.9 Å². The van der Waals surface area contributed by atoms with Gasteiger partial charge in [-0.05, 0) is 30.7 Å². The summed E-state index contributed by atoms with van der Waals surface area (Å²) in [6, 6.07) is 9.06. The predicted molar refractivity (Wildman–Crippen MR) is 89.1 cm³/mol. The van der Waals surface area contributed by atoms with Gasteiger partial charge in [-0.25, -0.2) is 4.98 Å². The molecule has 0 amide bonds. The number of aryl methyl sites for hydroxylation is 1. The summed E-state index contributed by atoms with van der Waals surface area (Å²) < 4.78 is 2.22. The molecule has 0 saturated carbocycles. The fraction of sp³-hybridized carbons (Fsp3) is 0.125. The number of carbonyl (C=O) groups is 1. The van der Waals surface area contributed by atoms with E-state index in [2.05, 4.69) is 26.0 Å². The fourth-order valence-electron chi connectivity index (χ4n) is 2.39. The molecular weight excluding hydrogens is 358 g/mol. The van der Waals surface area contributed by atoms with Crippen molar-refractivity contribution in [3.05, 3.63) is 57.3 Å². The third-order valence-corrected chi connectivity index (χ3v) is 4.08. The predicted octanol–water partition coefficient (Wildman–Crippen LogP) is 2.74. The molecule has 0 radical (unpaired) electrons. The second kappa shape index (κ2) is 5.82. The van der Waals surface area contributed by atoms with Crippen molar-refractivity contribution < 1.29 is 4.79 Å². The Morgan fingerprint density at radius 2 is 2.09 bits per heavy atom. The van der Waals surface area contributed by atoms with Gasteiger partial charge in [-0.15, -0.1) is 0 Å². The van der Waals surface area contributed by atoms with Crippen LogP contribution in [0.2, 0.25) is 0 Å². The van der Waals surface area contributed by atoms with Crippen LogP contribution in [0.5, 0.6) is 0 Å². The summed E-state index contributed by atoms with van der Waals surface area (Å²) in [5, 5.41) is 13.2. The van der Waals surface area contributed by atoms with Crippen LogP contribution in [0.15, 0.2) is 34.9 Å². The first-order valence-electron chi connectivity index (χ1n) is 6.93. The SMILES string of the molecule is CCc1nc2c(C#N)cnn2c(N)c1C(=O)c1ccc(Br)cc1. The second-order valence-corrected chi connectivity index (χ2v) is 5.83. The van der Waals surface area contributed by atoms with Gasteiger partial charge in [-0.3, -0.25) is 4.79 Å². The number of nitriles is 1. The minimum absolute atomic E-state index is 0.196. The number of rotatable bonds is 3. The molecule has 0 bridgehead atoms. The van der Waals surface area contributed by atoms with Gasteiger partial charge in [0.25, 0.3) is 0 Å². The summed E-state index contributed by atoms with van der Waals surface area (Å²) in [5.74, 6) is -0.0171. The molecule has 7 heteroatoms. The van der Waals surface area contributed by atoms with E-state index in [-0.39, 0.29) is 11.6 Å². The zero-order valence-corrected chi connectivity index (χ0v) is 13.8. The topological polar surface area (TPSA) is 97.1 Å². The zero-order chi connectivity index (χ0) is 16.6. The van der Waals surface area contributed by atoms with Gasteiger partial charge in [-0.2, -0.15) is 14.9 Å². The summed E-state index contributed by atoms with van der Waals surface area (Å²) in [4.78, 5) is 17.3. The van der Waals surface area contributed by atoms with Crippen LogP contribution in [0.4, 0.5) is 5.82 Å². The molecule has 3 aromatic rings. The number of fused-ring (bicyclic) bond motifs is 1. The normalized spacial score (nSPS) is 10.7. The van der Waals surface area contributed by atoms with Crippen LogP contribution < -0.4 is 5.73 Å². The largest absolute Gasteiger partial charge is 0.383 e. The Labute approximate surface area is 140 Å². The second-order valence-electron chi connectivity index (χ2n) is 4.91. The zero-order valence-electron chi connectivity index (χ0n) is 12.2. The van der Waals surface area contributed by atoms with Crippen molar-refractivity contribution in [1.82, 2.24) is 14.6 Å². The van der Waals surface area contributed by atoms with Crippen LogP contribution in [0.1, 0.15) is 34.1 Å². The lowest BCUT2D eigenvalue weighted by atomic mass is 10.0. The van der Waals surface area contributed by atoms with E-state index in [1.54, 1.807) is 24.3 Å². The lowest BCUT2D eigenvalue weighted by Crippen LogP contribution is -2.15. The summed E-state index contributed by atoms with van der Waals surface area (Å²) in [6.45, 7) is 1.89. The highest BCUT2D eigenvalue weighted by atomic mass is 79.9. The monoisotopic (exact) mass is 369 g/mol. The molecule has 0 fully saturated rings. The third-order valence-electron chi connectivity index (χ3n) is 3.55. The number of benzene rings is 1. The van der Waals surface area contributed by atoms with E-state index in [9.17, 15) is 4.79 Å². The molecule has 0 aliphatic heterocycles. The van der Waals surface area contributed by atoms with Crippen LogP contribution in [-0.2, 0) is 6.42 Å². The summed E-state index contributed by atoms with van der Waals surface area (Å²) in [6.07, 6.45) is 1.92. The van der Waals surface area contributed by atoms with Crippen molar-refractivity contribution in [1.29, 1.82) is 5.26 Å². The van der Waals surface area contributed by atoms with E-state index < -0.39 is 0 Å². The van der Waals surface area contributed by atoms with Crippen LogP contribution in [-0.4, -0.2) is 20.4 Å². The highest BCUT2D eigenvalue weighted by molar-refractivity contribution is 9.10. The Balaban J connectivity index is 2.24. The minimum atomic E-state index is -0.213. The van der Waals surface area contributed by atoms with Crippen molar-refractivity contribution in [2.75, 3.05) is 5.73 Å². The van der Waals surface area contributed by atoms with Gasteiger partial charge >= 0.3 is 0 Å². The molecule has 0 aliphatic carbocycles. The molecule has 1 aromatic carbocycles. The molecule has 0 spiro atoms. The molecule has 3 rings (SSSR count). The van der Waals surface area contributed by atoms with E-state index in [0.717, 1.165) is 4.47 Å². The Morgan fingerprint density at radius 1 is 1.39 bits per heavy atom. The number of nitrogen functional groups attached to an aromatic ring is 1. The lowest BCUT2D eigenvalue weighted by molar-refractivity contribution is 0.103. The number of nitrogens with zero attached hydrogens (tertiary/aromatic N) is 4. The van der Waals surface area contributed by atoms with E-state index in [1.807, 2.05) is 13.0 Å². The lowest BCUT2D eigenvalue weighted by Gasteiger charge is -2.11. The standard InChI is InChI=1S/C16H12BrN5O/c1-2-12-13(14(23)9-3-5-11(17)6-4-9)15(19)22-16(21-12)10(7-18)8-20-22/h3-6,8H,2,19H2,1H3. The van der Waals surface area contributed by atoms with Crippen molar-refractivity contribution in [3.63, 3.8) is 0 Å². The first-order chi connectivity index (χ1) is 11.1. The molecule has 0 saturated heterocycles. The van der Waals surface area contributed by atoms with Gasteiger partial charge < -0.3 is 5.73 Å². The van der Waals surface area contributed by atoms with Crippen LogP contribution in [0, 0.1) is 11.3 Å². The van der Waals surface area contributed by atoms with E-state index >= 15 is 0 Å². The first-order valence-corrected chi connectivity index (χ1v) is 7.72. The minimum Gasteiger partial charge on any atom is -0.383 e. The van der Waals surface area contributed by atoms with Crippen molar-refractivity contribution >= 4 is 33.2 Å². The Hall–Kier alpha value is -2.72. The number of anilines is 1. The number of aromatic nitrogens is 3. The maximum Gasteiger partial charge on any atom is 0.198 e. The van der Waals surface area contributed by atoms with Gasteiger partial charge in [-0.1, -0.05) is 22.9 Å². The van der Waals surface area contributed by atoms with E-state index in [4.69, 9.17) is 11.0 Å². The molecule has 0 atom stereocenters. The number of hydrogen-bond donors (Lipinski definition) is 1. The molecule has 2 N–H and O–H groups in total. The highest BCUT2D eigenvalue weighted by Crippen LogP contribution is 2.24. The third kappa shape index (κ3) is 2.47. The smallest absolute Gasteiger partial charge is 0.198 e. The van der Waals surface area contributed by atoms with Gasteiger partial charge in [0.2, 0.25) is 0 Å². The number of ketones is 1. The Kier molecular flexibility index (Phi) is 3.84. The average Bonchev–Trinajstić information content (AvgIpc) is 2.98. The quantitative estimate of drug-likeness (QED) is 0.715. The molecule has 23 heavy (non-hydrogen) atoms. The van der Waals surface area contributed by atoms with E-state index in [1.165, 1.54) is 10.7 Å². The molecule has 0 aliphatic rings. The van der Waals surface area contributed by atoms with Gasteiger partial charge in [0.15, 0.2) is 11.4 Å². The number of halogens is 1. The van der Waals surface area contributed by atoms with Crippen molar-refractivity contribution in [2.45, 2.75) is 13.3 Å². The molecule has 6 nitrogen and oxygen atoms in total. The molecule has 2 heterocycles. The van der Waals surface area contributed by atoms with Crippen molar-refractivity contribution in [3.8, 4) is 6.07 Å². The molecule has 114 valence electrons. The maximum atomic E-state index is 12.8. The van der Waals surface area contributed by atoms with Gasteiger partial charge in [0, 0.05) is 10.0 Å². The summed E-state index contributed by atoms with van der Waals surface area (Å²) in [7, 11) is 0. The Bertz CT molecular complexity index is 953. The average molecular weight is 370 g/mol. The molecule has 2 aromatic heterocycles. The maximum absolute atomic E-state index is 12.8. The van der Waals surface area contributed by atoms with Crippen LogP contribution in [0.3, 0.4) is 0 Å². The molecular formula is C16H12BrN5O. The summed E-state index contributed by atoms with van der Waals surface area (Å²) >= 11 is 3.34. The van der Waals surface area contributed by atoms with Gasteiger partial charge in [0.05, 0.1) is 17.5 Å². The number of carbonyl (C=O) groups excluding carboxylic acids is 1. The molecule has 0 unspecified atom stereocenters. The van der Waals surface area contributed by atoms with E-state index in [0.29, 0.717) is 34.5 Å². The van der Waals surface area contributed by atoms with Crippen molar-refractivity contribution in [2.24, 2.45) is 0 Å². The first kappa shape index (κ1) is 15.2. The number of hydrogen-bond acceptors (Lipinski definition) is 5. The fourth-order valence-corrected chi connectivity index (χ4v) is 2.66. The Morgan fingerprint density at radius 3 is 2.70 bits per heavy atom.